The molecular weight excluding hydrogens is 494 g/mol. The third-order valence-corrected chi connectivity index (χ3v) is 7.55. The molecule has 7 nitrogen and oxygen atoms in total. The van der Waals surface area contributed by atoms with Crippen LogP contribution in [0.4, 0.5) is 4.39 Å². The first-order valence-corrected chi connectivity index (χ1v) is 12.7. The van der Waals surface area contributed by atoms with Crippen LogP contribution in [0.5, 0.6) is 0 Å². The van der Waals surface area contributed by atoms with Crippen molar-refractivity contribution in [3.05, 3.63) is 56.6 Å². The van der Waals surface area contributed by atoms with Crippen molar-refractivity contribution >= 4 is 29.1 Å². The lowest BCUT2D eigenvalue weighted by atomic mass is 9.99. The molecule has 2 atom stereocenters. The van der Waals surface area contributed by atoms with Gasteiger partial charge in [-0.15, -0.1) is 0 Å². The molecule has 0 radical (unpaired) electrons. The zero-order valence-electron chi connectivity index (χ0n) is 20.0. The summed E-state index contributed by atoms with van der Waals surface area (Å²) in [5, 5.41) is 4.59. The number of likely N-dealkylation sites (tertiary alicyclic amines) is 1. The molecule has 1 aromatic heterocycles. The van der Waals surface area contributed by atoms with Crippen LogP contribution in [0.3, 0.4) is 0 Å². The number of carbonyl (C=O) groups excluding carboxylic acids is 1. The Morgan fingerprint density at radius 1 is 1.23 bits per heavy atom. The van der Waals surface area contributed by atoms with Gasteiger partial charge in [0.05, 0.1) is 28.5 Å². The van der Waals surface area contributed by atoms with Crippen LogP contribution in [0.25, 0.3) is 0 Å². The van der Waals surface area contributed by atoms with Crippen molar-refractivity contribution in [2.45, 2.75) is 57.5 Å². The Balaban J connectivity index is 1.44. The molecule has 2 fully saturated rings. The van der Waals surface area contributed by atoms with E-state index in [0.29, 0.717) is 53.5 Å². The van der Waals surface area contributed by atoms with Gasteiger partial charge in [0.1, 0.15) is 12.4 Å². The van der Waals surface area contributed by atoms with E-state index in [1.807, 2.05) is 13.0 Å². The Morgan fingerprint density at radius 3 is 2.69 bits per heavy atom. The number of methoxy groups -OCH3 is 1. The van der Waals surface area contributed by atoms with E-state index >= 15 is 0 Å². The van der Waals surface area contributed by atoms with Crippen LogP contribution in [0, 0.1) is 6.92 Å². The Morgan fingerprint density at radius 2 is 2.00 bits per heavy atom. The van der Waals surface area contributed by atoms with Crippen molar-refractivity contribution in [3.63, 3.8) is 0 Å². The van der Waals surface area contributed by atoms with Crippen LogP contribution in [0.2, 0.25) is 10.0 Å². The predicted molar refractivity (Wildman–Crippen MR) is 133 cm³/mol. The zero-order valence-corrected chi connectivity index (χ0v) is 21.5. The van der Waals surface area contributed by atoms with E-state index in [2.05, 4.69) is 15.3 Å². The molecule has 0 aliphatic carbocycles. The molecule has 0 unspecified atom stereocenters. The molecule has 35 heavy (non-hydrogen) atoms. The quantitative estimate of drug-likeness (QED) is 0.586. The van der Waals surface area contributed by atoms with E-state index in [0.717, 1.165) is 31.4 Å². The van der Waals surface area contributed by atoms with Crippen LogP contribution in [-0.4, -0.2) is 72.4 Å². The van der Waals surface area contributed by atoms with Crippen LogP contribution < -0.4 is 5.32 Å². The van der Waals surface area contributed by atoms with E-state index in [-0.39, 0.29) is 29.6 Å². The number of nitrogens with zero attached hydrogens (tertiary/aromatic N) is 3. The molecule has 0 bridgehead atoms. The minimum Gasteiger partial charge on any atom is -0.379 e. The Bertz CT molecular complexity index is 1050. The van der Waals surface area contributed by atoms with E-state index in [1.54, 1.807) is 24.1 Å². The monoisotopic (exact) mass is 524 g/mol. The molecule has 0 saturated carbocycles. The second-order valence-corrected chi connectivity index (χ2v) is 9.91. The number of piperidine rings is 1. The molecule has 2 aromatic rings. The number of halogens is 3. The van der Waals surface area contributed by atoms with E-state index < -0.39 is 6.67 Å². The molecule has 1 amide bonds. The molecule has 2 aliphatic rings. The summed E-state index contributed by atoms with van der Waals surface area (Å²) >= 11 is 12.2. The smallest absolute Gasteiger partial charge is 0.272 e. The Kier molecular flexibility index (Phi) is 8.94. The van der Waals surface area contributed by atoms with Gasteiger partial charge in [0, 0.05) is 50.9 Å². The number of rotatable bonds is 7. The number of hydrogen-bond donors (Lipinski definition) is 1. The summed E-state index contributed by atoms with van der Waals surface area (Å²) in [7, 11) is 1.71. The van der Waals surface area contributed by atoms with Gasteiger partial charge in [0.15, 0.2) is 5.82 Å². The number of carbonyl (C=O) groups is 1. The number of alkyl halides is 1. The zero-order chi connectivity index (χ0) is 24.9. The minimum absolute atomic E-state index is 0.00990. The standard InChI is InChI=1S/C25H31Cl2FN4O3/c1-15-21(12-16-3-4-18(26)19(27)11-16)30-23(13-28)31-24(15)25(33)32-8-5-17(6-9-32)29-20-7-10-35-14-22(20)34-2/h3-4,11,17,20,22,29H,5-10,12-14H2,1-2H3/t20-,22+/m0/s1. The highest BCUT2D eigenvalue weighted by atomic mass is 35.5. The summed E-state index contributed by atoms with van der Waals surface area (Å²) in [6.45, 7) is 3.50. The van der Waals surface area contributed by atoms with Crippen molar-refractivity contribution in [1.29, 1.82) is 0 Å². The fourth-order valence-electron chi connectivity index (χ4n) is 4.73. The van der Waals surface area contributed by atoms with Gasteiger partial charge in [-0.2, -0.15) is 0 Å². The highest BCUT2D eigenvalue weighted by molar-refractivity contribution is 6.42. The highest BCUT2D eigenvalue weighted by Gasteiger charge is 2.31. The van der Waals surface area contributed by atoms with Gasteiger partial charge in [-0.05, 0) is 43.9 Å². The summed E-state index contributed by atoms with van der Waals surface area (Å²) in [4.78, 5) is 23.8. The van der Waals surface area contributed by atoms with Gasteiger partial charge in [-0.3, -0.25) is 4.79 Å². The second-order valence-electron chi connectivity index (χ2n) is 9.10. The number of hydrogen-bond acceptors (Lipinski definition) is 6. The molecule has 1 N–H and O–H groups in total. The number of aromatic nitrogens is 2. The Labute approximate surface area is 215 Å². The summed E-state index contributed by atoms with van der Waals surface area (Å²) < 4.78 is 24.7. The van der Waals surface area contributed by atoms with Crippen molar-refractivity contribution in [2.24, 2.45) is 0 Å². The highest BCUT2D eigenvalue weighted by Crippen LogP contribution is 2.25. The molecule has 2 aliphatic heterocycles. The van der Waals surface area contributed by atoms with Crippen molar-refractivity contribution in [2.75, 3.05) is 33.4 Å². The average Bonchev–Trinajstić information content (AvgIpc) is 2.88. The Hall–Kier alpha value is -1.84. The molecular formula is C25H31Cl2FN4O3. The maximum atomic E-state index is 13.6. The van der Waals surface area contributed by atoms with Gasteiger partial charge in [0.25, 0.3) is 5.91 Å². The first-order valence-electron chi connectivity index (χ1n) is 11.9. The number of benzene rings is 1. The van der Waals surface area contributed by atoms with E-state index in [9.17, 15) is 9.18 Å². The van der Waals surface area contributed by atoms with Gasteiger partial charge < -0.3 is 19.7 Å². The predicted octanol–water partition coefficient (Wildman–Crippen LogP) is 4.15. The van der Waals surface area contributed by atoms with Crippen molar-refractivity contribution in [1.82, 2.24) is 20.2 Å². The fourth-order valence-corrected chi connectivity index (χ4v) is 5.05. The third-order valence-electron chi connectivity index (χ3n) is 6.81. The second kappa shape index (κ2) is 11.9. The van der Waals surface area contributed by atoms with E-state index in [4.69, 9.17) is 32.7 Å². The van der Waals surface area contributed by atoms with Gasteiger partial charge in [0.2, 0.25) is 0 Å². The number of amides is 1. The van der Waals surface area contributed by atoms with Crippen LogP contribution in [-0.2, 0) is 22.6 Å². The lowest BCUT2D eigenvalue weighted by Crippen LogP contribution is -2.54. The molecule has 3 heterocycles. The molecule has 2 saturated heterocycles. The van der Waals surface area contributed by atoms with Gasteiger partial charge in [-0.1, -0.05) is 29.3 Å². The summed E-state index contributed by atoms with van der Waals surface area (Å²) in [5.74, 6) is -0.176. The SMILES string of the molecule is CO[C@@H]1COCC[C@@H]1NC1CCN(C(=O)c2nc(CF)nc(Cc3ccc(Cl)c(Cl)c3)c2C)CC1. The average molecular weight is 525 g/mol. The van der Waals surface area contributed by atoms with Gasteiger partial charge >= 0.3 is 0 Å². The van der Waals surface area contributed by atoms with Crippen LogP contribution >= 0.6 is 23.2 Å². The van der Waals surface area contributed by atoms with E-state index in [1.165, 1.54) is 0 Å². The number of nitrogens with one attached hydrogen (secondary N) is 1. The summed E-state index contributed by atoms with van der Waals surface area (Å²) in [6.07, 6.45) is 3.01. The number of ether oxygens (including phenoxy) is 2. The normalized spacial score (nSPS) is 21.3. The third kappa shape index (κ3) is 6.30. The maximum Gasteiger partial charge on any atom is 0.272 e. The minimum atomic E-state index is -0.841. The maximum absolute atomic E-state index is 13.6. The topological polar surface area (TPSA) is 76.6 Å². The molecule has 10 heteroatoms. The van der Waals surface area contributed by atoms with Crippen LogP contribution in [0.15, 0.2) is 18.2 Å². The lowest BCUT2D eigenvalue weighted by molar-refractivity contribution is -0.0533. The van der Waals surface area contributed by atoms with Crippen molar-refractivity contribution < 1.29 is 18.7 Å². The summed E-state index contributed by atoms with van der Waals surface area (Å²) in [5.41, 5.74) is 2.40. The molecule has 1 aromatic carbocycles. The van der Waals surface area contributed by atoms with Crippen molar-refractivity contribution in [3.8, 4) is 0 Å². The van der Waals surface area contributed by atoms with Gasteiger partial charge in [-0.25, -0.2) is 14.4 Å². The molecule has 4 rings (SSSR count). The summed E-state index contributed by atoms with van der Waals surface area (Å²) in [6, 6.07) is 5.87. The fraction of sp³-hybridized carbons (Fsp3) is 0.560. The molecule has 190 valence electrons. The first-order chi connectivity index (χ1) is 16.9. The van der Waals surface area contributed by atoms with Crippen LogP contribution in [0.1, 0.15) is 52.4 Å². The molecule has 0 spiro atoms. The first kappa shape index (κ1) is 26.2. The lowest BCUT2D eigenvalue weighted by Gasteiger charge is -2.38. The largest absolute Gasteiger partial charge is 0.379 e.